The maximum atomic E-state index is 12.4. The SMILES string of the molecule is CCCC1CCN(C(=O)c2ccc(C)cc2O)CC1. The van der Waals surface area contributed by atoms with E-state index in [9.17, 15) is 9.90 Å². The number of likely N-dealkylation sites (tertiary alicyclic amines) is 1. The largest absolute Gasteiger partial charge is 0.507 e. The van der Waals surface area contributed by atoms with E-state index < -0.39 is 0 Å². The first-order valence-electron chi connectivity index (χ1n) is 7.20. The predicted molar refractivity (Wildman–Crippen MR) is 76.4 cm³/mol. The van der Waals surface area contributed by atoms with Crippen molar-refractivity contribution in [1.29, 1.82) is 0 Å². The third kappa shape index (κ3) is 3.28. The van der Waals surface area contributed by atoms with Crippen LogP contribution in [0.15, 0.2) is 18.2 Å². The lowest BCUT2D eigenvalue weighted by Crippen LogP contribution is -2.38. The lowest BCUT2D eigenvalue weighted by atomic mass is 9.92. The van der Waals surface area contributed by atoms with Crippen LogP contribution in [0.4, 0.5) is 0 Å². The second kappa shape index (κ2) is 6.09. The molecule has 0 saturated carbocycles. The lowest BCUT2D eigenvalue weighted by molar-refractivity contribution is 0.0683. The topological polar surface area (TPSA) is 40.5 Å². The summed E-state index contributed by atoms with van der Waals surface area (Å²) in [4.78, 5) is 14.2. The molecule has 1 heterocycles. The molecule has 0 aromatic heterocycles. The minimum atomic E-state index is -0.0348. The molecular weight excluding hydrogens is 238 g/mol. The number of phenols is 1. The number of aromatic hydroxyl groups is 1. The van der Waals surface area contributed by atoms with E-state index >= 15 is 0 Å². The molecule has 0 atom stereocenters. The summed E-state index contributed by atoms with van der Waals surface area (Å²) in [7, 11) is 0. The molecule has 0 unspecified atom stereocenters. The van der Waals surface area contributed by atoms with Gasteiger partial charge in [-0.1, -0.05) is 25.8 Å². The molecule has 2 rings (SSSR count). The van der Waals surface area contributed by atoms with Crippen LogP contribution in [0.1, 0.15) is 48.5 Å². The number of benzene rings is 1. The summed E-state index contributed by atoms with van der Waals surface area (Å²) in [6, 6.07) is 5.25. The van der Waals surface area contributed by atoms with E-state index in [4.69, 9.17) is 0 Å². The molecule has 1 saturated heterocycles. The first kappa shape index (κ1) is 13.9. The number of aryl methyl sites for hydroxylation is 1. The van der Waals surface area contributed by atoms with E-state index in [-0.39, 0.29) is 11.7 Å². The first-order chi connectivity index (χ1) is 9.11. The zero-order chi connectivity index (χ0) is 13.8. The van der Waals surface area contributed by atoms with Gasteiger partial charge >= 0.3 is 0 Å². The fourth-order valence-corrected chi connectivity index (χ4v) is 2.83. The van der Waals surface area contributed by atoms with Crippen molar-refractivity contribution >= 4 is 5.91 Å². The number of nitrogens with zero attached hydrogens (tertiary/aromatic N) is 1. The Labute approximate surface area is 115 Å². The van der Waals surface area contributed by atoms with Gasteiger partial charge in [-0.3, -0.25) is 4.79 Å². The second-order valence-electron chi connectivity index (χ2n) is 5.54. The summed E-state index contributed by atoms with van der Waals surface area (Å²) in [5, 5.41) is 9.88. The van der Waals surface area contributed by atoms with Gasteiger partial charge in [0.05, 0.1) is 5.56 Å². The molecule has 104 valence electrons. The summed E-state index contributed by atoms with van der Waals surface area (Å²) in [6.07, 6.45) is 4.66. The highest BCUT2D eigenvalue weighted by molar-refractivity contribution is 5.96. The average Bonchev–Trinajstić information content (AvgIpc) is 2.39. The van der Waals surface area contributed by atoms with Crippen molar-refractivity contribution in [2.45, 2.75) is 39.5 Å². The van der Waals surface area contributed by atoms with Gasteiger partial charge in [0, 0.05) is 13.1 Å². The van der Waals surface area contributed by atoms with Crippen LogP contribution in [0.3, 0.4) is 0 Å². The van der Waals surface area contributed by atoms with Crippen molar-refractivity contribution in [3.05, 3.63) is 29.3 Å². The van der Waals surface area contributed by atoms with E-state index in [2.05, 4.69) is 6.92 Å². The molecule has 1 N–H and O–H groups in total. The zero-order valence-electron chi connectivity index (χ0n) is 11.9. The molecule has 1 aromatic rings. The Kier molecular flexibility index (Phi) is 4.46. The highest BCUT2D eigenvalue weighted by Gasteiger charge is 2.24. The number of carbonyl (C=O) groups excluding carboxylic acids is 1. The van der Waals surface area contributed by atoms with Gasteiger partial charge in [-0.05, 0) is 43.4 Å². The fourth-order valence-electron chi connectivity index (χ4n) is 2.83. The summed E-state index contributed by atoms with van der Waals surface area (Å²) < 4.78 is 0. The molecular formula is C16H23NO2. The molecule has 0 radical (unpaired) electrons. The molecule has 3 nitrogen and oxygen atoms in total. The van der Waals surface area contributed by atoms with Crippen molar-refractivity contribution in [1.82, 2.24) is 4.90 Å². The molecule has 0 bridgehead atoms. The lowest BCUT2D eigenvalue weighted by Gasteiger charge is -2.32. The summed E-state index contributed by atoms with van der Waals surface area (Å²) in [5.41, 5.74) is 1.40. The van der Waals surface area contributed by atoms with Crippen LogP contribution in [-0.4, -0.2) is 29.0 Å². The summed E-state index contributed by atoms with van der Waals surface area (Å²) in [6.45, 7) is 5.75. The molecule has 1 amide bonds. The van der Waals surface area contributed by atoms with E-state index in [1.165, 1.54) is 12.8 Å². The predicted octanol–water partition coefficient (Wildman–Crippen LogP) is 3.35. The Morgan fingerprint density at radius 3 is 2.63 bits per heavy atom. The normalized spacial score (nSPS) is 16.6. The van der Waals surface area contributed by atoms with Gasteiger partial charge in [-0.25, -0.2) is 0 Å². The van der Waals surface area contributed by atoms with Gasteiger partial charge in [-0.15, -0.1) is 0 Å². The molecule has 19 heavy (non-hydrogen) atoms. The maximum absolute atomic E-state index is 12.4. The van der Waals surface area contributed by atoms with Crippen molar-refractivity contribution in [2.75, 3.05) is 13.1 Å². The van der Waals surface area contributed by atoms with Gasteiger partial charge in [0.2, 0.25) is 0 Å². The van der Waals surface area contributed by atoms with Crippen LogP contribution in [0.25, 0.3) is 0 Å². The molecule has 3 heteroatoms. The van der Waals surface area contributed by atoms with Gasteiger partial charge in [0.1, 0.15) is 5.75 Å². The Morgan fingerprint density at radius 2 is 2.05 bits per heavy atom. The maximum Gasteiger partial charge on any atom is 0.257 e. The second-order valence-corrected chi connectivity index (χ2v) is 5.54. The average molecular weight is 261 g/mol. The molecule has 0 spiro atoms. The van der Waals surface area contributed by atoms with Gasteiger partial charge in [0.15, 0.2) is 0 Å². The molecule has 1 aliphatic rings. The Bertz CT molecular complexity index is 448. The number of phenolic OH excluding ortho intramolecular Hbond substituents is 1. The van der Waals surface area contributed by atoms with Crippen LogP contribution in [0.5, 0.6) is 5.75 Å². The molecule has 0 aliphatic carbocycles. The summed E-state index contributed by atoms with van der Waals surface area (Å²) in [5.74, 6) is 0.828. The monoisotopic (exact) mass is 261 g/mol. The van der Waals surface area contributed by atoms with E-state index in [0.717, 1.165) is 37.4 Å². The molecule has 1 fully saturated rings. The van der Waals surface area contributed by atoms with Crippen molar-refractivity contribution in [3.63, 3.8) is 0 Å². The molecule has 1 aliphatic heterocycles. The van der Waals surface area contributed by atoms with Crippen LogP contribution in [-0.2, 0) is 0 Å². The van der Waals surface area contributed by atoms with Crippen molar-refractivity contribution in [3.8, 4) is 5.75 Å². The standard InChI is InChI=1S/C16H23NO2/c1-3-4-13-7-9-17(10-8-13)16(19)14-6-5-12(2)11-15(14)18/h5-6,11,13,18H,3-4,7-10H2,1-2H3. The Balaban J connectivity index is 2.01. The third-order valence-corrected chi connectivity index (χ3v) is 3.98. The van der Waals surface area contributed by atoms with Gasteiger partial charge < -0.3 is 10.0 Å². The number of carbonyl (C=O) groups is 1. The Morgan fingerprint density at radius 1 is 1.37 bits per heavy atom. The number of piperidine rings is 1. The number of hydrogen-bond acceptors (Lipinski definition) is 2. The number of amides is 1. The zero-order valence-corrected chi connectivity index (χ0v) is 11.9. The highest BCUT2D eigenvalue weighted by atomic mass is 16.3. The summed E-state index contributed by atoms with van der Waals surface area (Å²) >= 11 is 0. The Hall–Kier alpha value is -1.51. The van der Waals surface area contributed by atoms with Gasteiger partial charge in [0.25, 0.3) is 5.91 Å². The minimum absolute atomic E-state index is 0.0348. The van der Waals surface area contributed by atoms with Crippen LogP contribution in [0.2, 0.25) is 0 Å². The minimum Gasteiger partial charge on any atom is -0.507 e. The van der Waals surface area contributed by atoms with E-state index in [1.807, 2.05) is 17.9 Å². The van der Waals surface area contributed by atoms with Crippen LogP contribution < -0.4 is 0 Å². The van der Waals surface area contributed by atoms with Crippen molar-refractivity contribution in [2.24, 2.45) is 5.92 Å². The van der Waals surface area contributed by atoms with Crippen molar-refractivity contribution < 1.29 is 9.90 Å². The first-order valence-corrected chi connectivity index (χ1v) is 7.20. The smallest absolute Gasteiger partial charge is 0.257 e. The number of hydrogen-bond donors (Lipinski definition) is 1. The quantitative estimate of drug-likeness (QED) is 0.906. The van der Waals surface area contributed by atoms with Crippen LogP contribution >= 0.6 is 0 Å². The highest BCUT2D eigenvalue weighted by Crippen LogP contribution is 2.25. The number of rotatable bonds is 3. The fraction of sp³-hybridized carbons (Fsp3) is 0.562. The third-order valence-electron chi connectivity index (χ3n) is 3.98. The van der Waals surface area contributed by atoms with Gasteiger partial charge in [-0.2, -0.15) is 0 Å². The molecule has 1 aromatic carbocycles. The van der Waals surface area contributed by atoms with Crippen LogP contribution in [0, 0.1) is 12.8 Å². The van der Waals surface area contributed by atoms with E-state index in [0.29, 0.717) is 5.56 Å². The van der Waals surface area contributed by atoms with E-state index in [1.54, 1.807) is 12.1 Å².